The van der Waals surface area contributed by atoms with E-state index in [0.717, 1.165) is 22.5 Å². The lowest BCUT2D eigenvalue weighted by atomic mass is 10.2. The largest absolute Gasteiger partial charge is 0.393 e. The first-order valence-electron chi connectivity index (χ1n) is 7.51. The second-order valence-corrected chi connectivity index (χ2v) is 5.95. The zero-order chi connectivity index (χ0) is 17.1. The van der Waals surface area contributed by atoms with Crippen LogP contribution >= 0.6 is 11.6 Å². The highest BCUT2D eigenvalue weighted by Crippen LogP contribution is 2.30. The Balaban J connectivity index is 1.89. The van der Waals surface area contributed by atoms with Crippen molar-refractivity contribution in [1.82, 2.24) is 9.97 Å². The zero-order valence-corrected chi connectivity index (χ0v) is 14.2. The Morgan fingerprint density at radius 2 is 1.50 bits per heavy atom. The molecule has 0 aliphatic heterocycles. The number of hydrogen-bond donors (Lipinski definition) is 3. The van der Waals surface area contributed by atoms with Gasteiger partial charge in [0.15, 0.2) is 11.6 Å². The van der Waals surface area contributed by atoms with E-state index >= 15 is 0 Å². The van der Waals surface area contributed by atoms with Gasteiger partial charge in [-0.2, -0.15) is 0 Å². The van der Waals surface area contributed by atoms with Gasteiger partial charge in [-0.1, -0.05) is 29.8 Å². The second-order valence-electron chi connectivity index (χ2n) is 5.51. The Morgan fingerprint density at radius 1 is 0.875 bits per heavy atom. The molecule has 0 atom stereocenters. The molecule has 0 aliphatic carbocycles. The fourth-order valence-corrected chi connectivity index (χ4v) is 2.56. The number of rotatable bonds is 4. The number of nitrogen functional groups attached to an aromatic ring is 1. The van der Waals surface area contributed by atoms with E-state index in [2.05, 4.69) is 20.6 Å². The monoisotopic (exact) mass is 339 g/mol. The van der Waals surface area contributed by atoms with E-state index in [9.17, 15) is 0 Å². The molecule has 0 spiro atoms. The van der Waals surface area contributed by atoms with E-state index in [-0.39, 0.29) is 0 Å². The highest BCUT2D eigenvalue weighted by atomic mass is 35.5. The molecule has 2 aromatic carbocycles. The Hall–Kier alpha value is -2.79. The minimum atomic E-state index is 0.454. The van der Waals surface area contributed by atoms with Crippen molar-refractivity contribution in [3.63, 3.8) is 0 Å². The lowest BCUT2D eigenvalue weighted by molar-refractivity contribution is 1.17. The summed E-state index contributed by atoms with van der Waals surface area (Å²) in [4.78, 5) is 8.49. The van der Waals surface area contributed by atoms with Crippen LogP contribution in [0.2, 0.25) is 5.02 Å². The summed E-state index contributed by atoms with van der Waals surface area (Å²) in [5.74, 6) is 1.11. The van der Waals surface area contributed by atoms with Crippen LogP contribution < -0.4 is 16.4 Å². The fraction of sp³-hybridized carbons (Fsp3) is 0.111. The van der Waals surface area contributed by atoms with E-state index in [1.54, 1.807) is 0 Å². The molecule has 0 saturated carbocycles. The van der Waals surface area contributed by atoms with E-state index in [0.29, 0.717) is 22.3 Å². The van der Waals surface area contributed by atoms with Gasteiger partial charge < -0.3 is 16.4 Å². The molecule has 0 radical (unpaired) electrons. The van der Waals surface area contributed by atoms with Crippen LogP contribution in [0.4, 0.5) is 28.7 Å². The number of nitrogens with two attached hydrogens (primary N) is 1. The van der Waals surface area contributed by atoms with Gasteiger partial charge in [0.25, 0.3) is 0 Å². The summed E-state index contributed by atoms with van der Waals surface area (Å²) in [6.07, 6.45) is 1.48. The molecular formula is C18H18ClN5. The van der Waals surface area contributed by atoms with Crippen molar-refractivity contribution in [2.45, 2.75) is 13.8 Å². The van der Waals surface area contributed by atoms with Crippen molar-refractivity contribution in [2.75, 3.05) is 16.4 Å². The zero-order valence-electron chi connectivity index (χ0n) is 13.5. The van der Waals surface area contributed by atoms with Gasteiger partial charge in [-0.05, 0) is 49.2 Å². The van der Waals surface area contributed by atoms with Crippen LogP contribution in [0.3, 0.4) is 0 Å². The van der Waals surface area contributed by atoms with E-state index in [1.807, 2.05) is 56.3 Å². The second kappa shape index (κ2) is 6.76. The summed E-state index contributed by atoms with van der Waals surface area (Å²) in [6, 6.07) is 13.6. The fourth-order valence-electron chi connectivity index (χ4n) is 2.33. The smallest absolute Gasteiger partial charge is 0.159 e. The quantitative estimate of drug-likeness (QED) is 0.635. The molecule has 0 saturated heterocycles. The summed E-state index contributed by atoms with van der Waals surface area (Å²) >= 11 is 5.99. The van der Waals surface area contributed by atoms with Crippen molar-refractivity contribution in [3.05, 3.63) is 64.9 Å². The Bertz CT molecular complexity index is 879. The number of benzene rings is 2. The van der Waals surface area contributed by atoms with Gasteiger partial charge in [0.05, 0.1) is 0 Å². The number of aromatic nitrogens is 2. The van der Waals surface area contributed by atoms with Crippen molar-refractivity contribution in [2.24, 2.45) is 0 Å². The van der Waals surface area contributed by atoms with Crippen molar-refractivity contribution in [3.8, 4) is 0 Å². The number of anilines is 5. The highest BCUT2D eigenvalue weighted by molar-refractivity contribution is 6.30. The molecule has 3 aromatic rings. The summed E-state index contributed by atoms with van der Waals surface area (Å²) < 4.78 is 0. The average Bonchev–Trinajstić information content (AvgIpc) is 2.55. The third kappa shape index (κ3) is 3.41. The first kappa shape index (κ1) is 16.1. The van der Waals surface area contributed by atoms with Crippen LogP contribution in [0, 0.1) is 13.8 Å². The molecule has 3 rings (SSSR count). The maximum Gasteiger partial charge on any atom is 0.159 e. The molecule has 4 N–H and O–H groups in total. The van der Waals surface area contributed by atoms with Crippen LogP contribution in [-0.2, 0) is 0 Å². The normalized spacial score (nSPS) is 10.5. The van der Waals surface area contributed by atoms with Gasteiger partial charge in [-0.3, -0.25) is 0 Å². The molecule has 24 heavy (non-hydrogen) atoms. The number of para-hydroxylation sites is 1. The molecule has 1 aromatic heterocycles. The van der Waals surface area contributed by atoms with Crippen molar-refractivity contribution < 1.29 is 0 Å². The van der Waals surface area contributed by atoms with Gasteiger partial charge in [0.1, 0.15) is 12.0 Å². The van der Waals surface area contributed by atoms with Crippen molar-refractivity contribution >= 4 is 40.3 Å². The van der Waals surface area contributed by atoms with Crippen molar-refractivity contribution in [1.29, 1.82) is 0 Å². The molecule has 6 heteroatoms. The van der Waals surface area contributed by atoms with Gasteiger partial charge in [0, 0.05) is 16.4 Å². The van der Waals surface area contributed by atoms with Crippen LogP contribution in [0.15, 0.2) is 48.8 Å². The van der Waals surface area contributed by atoms with E-state index < -0.39 is 0 Å². The Morgan fingerprint density at radius 3 is 2.12 bits per heavy atom. The van der Waals surface area contributed by atoms with Crippen LogP contribution in [-0.4, -0.2) is 9.97 Å². The molecule has 0 amide bonds. The third-order valence-electron chi connectivity index (χ3n) is 3.72. The molecule has 0 unspecified atom stereocenters. The van der Waals surface area contributed by atoms with Crippen LogP contribution in [0.1, 0.15) is 11.1 Å². The number of nitrogens with zero attached hydrogens (tertiary/aromatic N) is 2. The first-order valence-corrected chi connectivity index (χ1v) is 7.88. The molecular weight excluding hydrogens is 322 g/mol. The lowest BCUT2D eigenvalue weighted by Crippen LogP contribution is -2.06. The number of hydrogen-bond acceptors (Lipinski definition) is 5. The topological polar surface area (TPSA) is 75.9 Å². The third-order valence-corrected chi connectivity index (χ3v) is 3.96. The SMILES string of the molecule is Cc1ccccc1Nc1ncnc(Nc2ccc(Cl)cc2C)c1N. The van der Waals surface area contributed by atoms with E-state index in [4.69, 9.17) is 17.3 Å². The first-order chi connectivity index (χ1) is 11.5. The Labute approximate surface area is 145 Å². The standard InChI is InChI=1S/C18H18ClN5/c1-11-5-3-4-6-14(11)23-17-16(20)18(22-10-21-17)24-15-8-7-13(19)9-12(15)2/h3-10H,20H2,1-2H3,(H2,21,22,23,24). The average molecular weight is 340 g/mol. The summed E-state index contributed by atoms with van der Waals surface area (Å²) in [5, 5.41) is 7.18. The minimum Gasteiger partial charge on any atom is -0.393 e. The number of halogens is 1. The summed E-state index contributed by atoms with van der Waals surface area (Å²) in [5.41, 5.74) is 10.7. The molecule has 0 fully saturated rings. The lowest BCUT2D eigenvalue weighted by Gasteiger charge is -2.14. The van der Waals surface area contributed by atoms with Crippen LogP contribution in [0.25, 0.3) is 0 Å². The van der Waals surface area contributed by atoms with Gasteiger partial charge in [-0.25, -0.2) is 9.97 Å². The van der Waals surface area contributed by atoms with Gasteiger partial charge >= 0.3 is 0 Å². The van der Waals surface area contributed by atoms with E-state index in [1.165, 1.54) is 6.33 Å². The highest BCUT2D eigenvalue weighted by Gasteiger charge is 2.10. The maximum absolute atomic E-state index is 6.23. The molecule has 122 valence electrons. The summed E-state index contributed by atoms with van der Waals surface area (Å²) in [7, 11) is 0. The molecule has 0 bridgehead atoms. The minimum absolute atomic E-state index is 0.454. The molecule has 5 nitrogen and oxygen atoms in total. The van der Waals surface area contributed by atoms with Crippen LogP contribution in [0.5, 0.6) is 0 Å². The summed E-state index contributed by atoms with van der Waals surface area (Å²) in [6.45, 7) is 3.99. The van der Waals surface area contributed by atoms with Gasteiger partial charge in [0.2, 0.25) is 0 Å². The molecule has 0 aliphatic rings. The maximum atomic E-state index is 6.23. The number of nitrogens with one attached hydrogen (secondary N) is 2. The number of aryl methyl sites for hydroxylation is 2. The predicted octanol–water partition coefficient (Wildman–Crippen LogP) is 4.82. The predicted molar refractivity (Wildman–Crippen MR) is 100 cm³/mol. The Kier molecular flexibility index (Phi) is 4.53. The molecule has 1 heterocycles. The van der Waals surface area contributed by atoms with Gasteiger partial charge in [-0.15, -0.1) is 0 Å².